The van der Waals surface area contributed by atoms with Gasteiger partial charge in [0.1, 0.15) is 0 Å². The second kappa shape index (κ2) is 8.51. The van der Waals surface area contributed by atoms with E-state index >= 15 is 0 Å². The summed E-state index contributed by atoms with van der Waals surface area (Å²) in [5, 5.41) is 4.28. The lowest BCUT2D eigenvalue weighted by Crippen LogP contribution is -2.01. The van der Waals surface area contributed by atoms with Crippen molar-refractivity contribution >= 4 is 0 Å². The largest absolute Gasteiger partial charge is 0.272 e. The van der Waals surface area contributed by atoms with Crippen molar-refractivity contribution in [2.45, 2.75) is 60.4 Å². The monoisotopic (exact) mass is 210 g/mol. The molecule has 1 aromatic rings. The Labute approximate surface area is 94.7 Å². The van der Waals surface area contributed by atoms with E-state index in [1.54, 1.807) is 0 Å². The molecular formula is C13H26N2. The summed E-state index contributed by atoms with van der Waals surface area (Å²) in [6.07, 6.45) is 7.65. The van der Waals surface area contributed by atoms with Crippen molar-refractivity contribution in [3.05, 3.63) is 18.0 Å². The number of hydrogen-bond acceptors (Lipinski definition) is 1. The number of hydrogen-bond donors (Lipinski definition) is 0. The molecule has 88 valence electrons. The molecular weight excluding hydrogens is 184 g/mol. The number of aryl methyl sites for hydroxylation is 2. The molecule has 0 bridgehead atoms. The first kappa shape index (κ1) is 14.2. The summed E-state index contributed by atoms with van der Waals surface area (Å²) in [5.74, 6) is 0.763. The van der Waals surface area contributed by atoms with Crippen LogP contribution in [0.1, 0.15) is 53.0 Å². The van der Waals surface area contributed by atoms with Crippen molar-refractivity contribution in [2.24, 2.45) is 5.92 Å². The Kier molecular flexibility index (Phi) is 8.06. The summed E-state index contributed by atoms with van der Waals surface area (Å²) < 4.78 is 2.04. The van der Waals surface area contributed by atoms with Gasteiger partial charge >= 0.3 is 0 Å². The van der Waals surface area contributed by atoms with Gasteiger partial charge in [0.25, 0.3) is 0 Å². The van der Waals surface area contributed by atoms with E-state index in [4.69, 9.17) is 0 Å². The van der Waals surface area contributed by atoms with Gasteiger partial charge in [-0.25, -0.2) is 0 Å². The molecule has 0 unspecified atom stereocenters. The van der Waals surface area contributed by atoms with Crippen molar-refractivity contribution < 1.29 is 0 Å². The lowest BCUT2D eigenvalue weighted by atomic mass is 10.1. The fraction of sp³-hybridized carbons (Fsp3) is 0.769. The maximum absolute atomic E-state index is 4.28. The lowest BCUT2D eigenvalue weighted by molar-refractivity contribution is 0.487. The maximum Gasteiger partial charge on any atom is 0.0521 e. The van der Waals surface area contributed by atoms with E-state index in [0.717, 1.165) is 18.9 Å². The highest BCUT2D eigenvalue weighted by Gasteiger charge is 1.97. The Hall–Kier alpha value is -0.790. The van der Waals surface area contributed by atoms with Gasteiger partial charge in [-0.3, -0.25) is 4.68 Å². The SMILES string of the molecule is CCC.CCc1cnn(CCC(C)C)c1. The minimum absolute atomic E-state index is 0.763. The number of nitrogens with zero attached hydrogens (tertiary/aromatic N) is 2. The Morgan fingerprint density at radius 1 is 1.27 bits per heavy atom. The summed E-state index contributed by atoms with van der Waals surface area (Å²) in [7, 11) is 0. The molecule has 1 heterocycles. The minimum Gasteiger partial charge on any atom is -0.272 e. The van der Waals surface area contributed by atoms with Crippen LogP contribution in [0.2, 0.25) is 0 Å². The highest BCUT2D eigenvalue weighted by atomic mass is 15.3. The van der Waals surface area contributed by atoms with Gasteiger partial charge in [0.2, 0.25) is 0 Å². The second-order valence-electron chi connectivity index (χ2n) is 4.35. The predicted octanol–water partition coefficient (Wildman–Crippen LogP) is 3.91. The first-order valence-electron chi connectivity index (χ1n) is 6.15. The van der Waals surface area contributed by atoms with E-state index < -0.39 is 0 Å². The van der Waals surface area contributed by atoms with E-state index in [2.05, 4.69) is 45.9 Å². The van der Waals surface area contributed by atoms with Crippen LogP contribution in [0, 0.1) is 5.92 Å². The van der Waals surface area contributed by atoms with Crippen LogP contribution < -0.4 is 0 Å². The summed E-state index contributed by atoms with van der Waals surface area (Å²) >= 11 is 0. The van der Waals surface area contributed by atoms with Gasteiger partial charge in [0.15, 0.2) is 0 Å². The molecule has 0 saturated heterocycles. The minimum atomic E-state index is 0.763. The molecule has 0 saturated carbocycles. The van der Waals surface area contributed by atoms with Gasteiger partial charge in [-0.2, -0.15) is 5.10 Å². The maximum atomic E-state index is 4.28. The molecule has 2 nitrogen and oxygen atoms in total. The van der Waals surface area contributed by atoms with Gasteiger partial charge < -0.3 is 0 Å². The van der Waals surface area contributed by atoms with Gasteiger partial charge in [0, 0.05) is 12.7 Å². The third kappa shape index (κ3) is 7.18. The van der Waals surface area contributed by atoms with Crippen molar-refractivity contribution in [2.75, 3.05) is 0 Å². The molecule has 0 aromatic carbocycles. The van der Waals surface area contributed by atoms with Crippen molar-refractivity contribution in [1.29, 1.82) is 0 Å². The first-order chi connectivity index (χ1) is 7.13. The highest BCUT2D eigenvalue weighted by molar-refractivity contribution is 5.02. The van der Waals surface area contributed by atoms with E-state index in [1.807, 2.05) is 10.9 Å². The zero-order valence-corrected chi connectivity index (χ0v) is 11.0. The van der Waals surface area contributed by atoms with E-state index in [0.29, 0.717) is 0 Å². The van der Waals surface area contributed by atoms with Crippen molar-refractivity contribution in [3.8, 4) is 0 Å². The highest BCUT2D eigenvalue weighted by Crippen LogP contribution is 2.03. The Bertz CT molecular complexity index is 238. The topological polar surface area (TPSA) is 17.8 Å². The number of rotatable bonds is 4. The van der Waals surface area contributed by atoms with Crippen LogP contribution >= 0.6 is 0 Å². The fourth-order valence-corrected chi connectivity index (χ4v) is 1.10. The Morgan fingerprint density at radius 2 is 1.87 bits per heavy atom. The van der Waals surface area contributed by atoms with Crippen LogP contribution in [-0.2, 0) is 13.0 Å². The van der Waals surface area contributed by atoms with Crippen LogP contribution in [0.5, 0.6) is 0 Å². The number of aromatic nitrogens is 2. The van der Waals surface area contributed by atoms with Crippen LogP contribution in [-0.4, -0.2) is 9.78 Å². The molecule has 1 rings (SSSR count). The zero-order chi connectivity index (χ0) is 11.7. The second-order valence-corrected chi connectivity index (χ2v) is 4.35. The summed E-state index contributed by atoms with van der Waals surface area (Å²) in [5.41, 5.74) is 1.33. The molecule has 1 aromatic heterocycles. The van der Waals surface area contributed by atoms with Gasteiger partial charge in [-0.05, 0) is 24.3 Å². The standard InChI is InChI=1S/C10H18N2.C3H8/c1-4-10-7-11-12(8-10)6-5-9(2)3;1-3-2/h7-9H,4-6H2,1-3H3;3H2,1-2H3. The van der Waals surface area contributed by atoms with Crippen molar-refractivity contribution in [1.82, 2.24) is 9.78 Å². The molecule has 2 heteroatoms. The third-order valence-corrected chi connectivity index (χ3v) is 2.03. The van der Waals surface area contributed by atoms with Crippen molar-refractivity contribution in [3.63, 3.8) is 0 Å². The predicted molar refractivity (Wildman–Crippen MR) is 67.0 cm³/mol. The Morgan fingerprint density at radius 3 is 2.27 bits per heavy atom. The van der Waals surface area contributed by atoms with Crippen LogP contribution in [0.15, 0.2) is 12.4 Å². The average molecular weight is 210 g/mol. The molecule has 0 fully saturated rings. The van der Waals surface area contributed by atoms with Gasteiger partial charge in [0.05, 0.1) is 6.20 Å². The quantitative estimate of drug-likeness (QED) is 0.736. The van der Waals surface area contributed by atoms with Gasteiger partial charge in [-0.15, -0.1) is 0 Å². The van der Waals surface area contributed by atoms with Crippen LogP contribution in [0.3, 0.4) is 0 Å². The molecule has 15 heavy (non-hydrogen) atoms. The van der Waals surface area contributed by atoms with E-state index in [-0.39, 0.29) is 0 Å². The summed E-state index contributed by atoms with van der Waals surface area (Å²) in [4.78, 5) is 0. The normalized spacial score (nSPS) is 10.0. The molecule has 0 aliphatic rings. The van der Waals surface area contributed by atoms with Crippen LogP contribution in [0.25, 0.3) is 0 Å². The smallest absolute Gasteiger partial charge is 0.0521 e. The third-order valence-electron chi connectivity index (χ3n) is 2.03. The van der Waals surface area contributed by atoms with E-state index in [1.165, 1.54) is 18.4 Å². The molecule has 0 atom stereocenters. The fourth-order valence-electron chi connectivity index (χ4n) is 1.10. The molecule has 0 spiro atoms. The molecule has 0 aliphatic carbocycles. The molecule has 0 amide bonds. The molecule has 0 N–H and O–H groups in total. The molecule has 0 radical (unpaired) electrons. The summed E-state index contributed by atoms with van der Waals surface area (Å²) in [6, 6.07) is 0. The van der Waals surface area contributed by atoms with Crippen LogP contribution in [0.4, 0.5) is 0 Å². The molecule has 0 aliphatic heterocycles. The van der Waals surface area contributed by atoms with E-state index in [9.17, 15) is 0 Å². The first-order valence-corrected chi connectivity index (χ1v) is 6.15. The lowest BCUT2D eigenvalue weighted by Gasteiger charge is -2.03. The summed E-state index contributed by atoms with van der Waals surface area (Å²) in [6.45, 7) is 11.9. The average Bonchev–Trinajstić information content (AvgIpc) is 2.63. The zero-order valence-electron chi connectivity index (χ0n) is 11.0. The Balaban J connectivity index is 0.000000583. The van der Waals surface area contributed by atoms with Gasteiger partial charge in [-0.1, -0.05) is 41.0 Å².